The van der Waals surface area contributed by atoms with Crippen LogP contribution in [0.5, 0.6) is 0 Å². The van der Waals surface area contributed by atoms with Gasteiger partial charge in [-0.1, -0.05) is 36.7 Å². The van der Waals surface area contributed by atoms with Crippen LogP contribution in [-0.4, -0.2) is 124 Å². The predicted octanol–water partition coefficient (Wildman–Crippen LogP) is 8.31. The molecule has 424 valence electrons. The van der Waals surface area contributed by atoms with E-state index >= 15 is 0 Å². The highest BCUT2D eigenvalue weighted by Crippen LogP contribution is 2.41. The number of amides is 1. The molecule has 0 saturated heterocycles. The van der Waals surface area contributed by atoms with Crippen LogP contribution in [0.2, 0.25) is 5.02 Å². The molecule has 4 aromatic rings. The van der Waals surface area contributed by atoms with Gasteiger partial charge in [0.25, 0.3) is 5.69 Å². The minimum absolute atomic E-state index is 0.0223. The molecule has 5 rings (SSSR count). The summed E-state index contributed by atoms with van der Waals surface area (Å²) in [6, 6.07) is 10.7. The molecule has 3 aromatic carbocycles. The fraction of sp³-hybridized carbons (Fsp3) is 0.426. The number of nitro groups is 1. The molecule has 1 heterocycles. The van der Waals surface area contributed by atoms with Crippen molar-refractivity contribution in [2.45, 2.75) is 83.5 Å². The van der Waals surface area contributed by atoms with Crippen molar-refractivity contribution < 1.29 is 88.6 Å². The molecule has 21 nitrogen and oxygen atoms in total. The molecule has 1 atom stereocenters. The van der Waals surface area contributed by atoms with Crippen molar-refractivity contribution in [1.82, 2.24) is 15.1 Å². The van der Waals surface area contributed by atoms with Crippen LogP contribution in [-0.2, 0) is 62.7 Å². The van der Waals surface area contributed by atoms with Gasteiger partial charge in [-0.15, -0.1) is 11.6 Å². The second kappa shape index (κ2) is 29.5. The summed E-state index contributed by atoms with van der Waals surface area (Å²) in [5.41, 5.74) is 0.184. The lowest BCUT2D eigenvalue weighted by Crippen LogP contribution is -2.43. The number of ketones is 3. The van der Waals surface area contributed by atoms with Crippen molar-refractivity contribution in [3.05, 3.63) is 102 Å². The van der Waals surface area contributed by atoms with Crippen LogP contribution >= 0.6 is 46.7 Å². The van der Waals surface area contributed by atoms with Crippen molar-refractivity contribution >= 4 is 103 Å². The summed E-state index contributed by atoms with van der Waals surface area (Å²) in [6.45, 7) is 9.35. The number of aliphatic carboxylic acids is 1. The SMILES string of the molecule is CC(C)OC(=O)c1cc(-c2nn(C)c(C(F)(F)F)c2Br)c(F)cc1Cl.CCc1cccc(C)c1N(C(=O)CCl)C(C)COC.CS(=O)(=O)c1ccc(C(=O)C2C(=O)CCCC2=O)c([N+](=O)[O-])c1.O=C(O)CNCP(=O)(O)O. The smallest absolute Gasteiger partial charge is 0.434 e. The maximum absolute atomic E-state index is 14.3. The Hall–Kier alpha value is -5.51. The fourth-order valence-electron chi connectivity index (χ4n) is 7.23. The van der Waals surface area contributed by atoms with Gasteiger partial charge in [0.05, 0.1) is 67.7 Å². The maximum Gasteiger partial charge on any atom is 0.434 e. The molecular formula is C47H55BrCl2F4N5O16PS. The number of ether oxygens (including phenoxy) is 2. The van der Waals surface area contributed by atoms with Gasteiger partial charge in [0.2, 0.25) is 5.91 Å². The molecule has 0 aliphatic heterocycles. The highest BCUT2D eigenvalue weighted by atomic mass is 79.9. The van der Waals surface area contributed by atoms with Gasteiger partial charge in [0.15, 0.2) is 32.9 Å². The number of carbonyl (C=O) groups excluding carboxylic acids is 5. The standard InChI is InChI=1S/C15H12BrClF4N2O2.C15H22ClNO2.C14H13NO7S.C3H8NO5P/c1-6(2)25-14(24)7-4-8(10(18)5-9(7)17)12-11(16)13(15(19,20)21)23(3)22-12;1-5-13-8-6-7-11(2)15(13)17(14(18)9-16)12(3)10-19-4;1-23(21,22)8-5-6-9(10(7-8)15(19)20)14(18)13-11(16)3-2-4-12(13)17;5-3(6)1-4-2-10(7,8)9/h4-6H,1-3H3;6-8,12H,5,9-10H2,1-4H3;5-7,13H,2-4H2,1H3;4H,1-2H2,(H,5,6)(H2,7,8,9). The van der Waals surface area contributed by atoms with Crippen LogP contribution < -0.4 is 10.2 Å². The predicted molar refractivity (Wildman–Crippen MR) is 277 cm³/mol. The van der Waals surface area contributed by atoms with Gasteiger partial charge in [-0.3, -0.25) is 48.7 Å². The maximum atomic E-state index is 14.3. The molecule has 77 heavy (non-hydrogen) atoms. The number of aromatic nitrogens is 2. The van der Waals surface area contributed by atoms with Crippen molar-refractivity contribution in [2.24, 2.45) is 13.0 Å². The van der Waals surface area contributed by atoms with Crippen LogP contribution in [0.4, 0.5) is 28.9 Å². The van der Waals surface area contributed by atoms with E-state index in [1.54, 1.807) is 25.9 Å². The number of para-hydroxylation sites is 1. The lowest BCUT2D eigenvalue weighted by molar-refractivity contribution is -0.385. The number of anilines is 1. The van der Waals surface area contributed by atoms with Gasteiger partial charge in [0.1, 0.15) is 23.3 Å². The largest absolute Gasteiger partial charge is 0.480 e. The normalized spacial score (nSPS) is 13.3. The number of halogens is 7. The Bertz CT molecular complexity index is 3000. The number of benzene rings is 3. The van der Waals surface area contributed by atoms with Crippen LogP contribution in [0.25, 0.3) is 11.3 Å². The summed E-state index contributed by atoms with van der Waals surface area (Å²) >= 11 is 14.4. The third-order valence-corrected chi connectivity index (χ3v) is 13.6. The molecule has 1 amide bonds. The van der Waals surface area contributed by atoms with Crippen molar-refractivity contribution in [3.8, 4) is 11.3 Å². The van der Waals surface area contributed by atoms with Crippen LogP contribution in [0, 0.1) is 28.8 Å². The second-order valence-electron chi connectivity index (χ2n) is 17.0. The number of carbonyl (C=O) groups is 6. The number of sulfone groups is 1. The minimum Gasteiger partial charge on any atom is -0.480 e. The quantitative estimate of drug-likeness (QED) is 0.0113. The Kier molecular flexibility index (Phi) is 25.9. The topological polar surface area (TPSA) is 309 Å². The molecule has 1 aliphatic carbocycles. The average molecular weight is 1240 g/mol. The van der Waals surface area contributed by atoms with Gasteiger partial charge in [0, 0.05) is 44.9 Å². The van der Waals surface area contributed by atoms with E-state index in [0.29, 0.717) is 17.7 Å². The number of rotatable bonds is 17. The second-order valence-corrected chi connectivity index (χ2v) is 22.1. The molecule has 1 aliphatic rings. The lowest BCUT2D eigenvalue weighted by atomic mass is 9.81. The highest BCUT2D eigenvalue weighted by molar-refractivity contribution is 9.10. The van der Waals surface area contributed by atoms with E-state index in [9.17, 15) is 69.4 Å². The van der Waals surface area contributed by atoms with E-state index in [2.05, 4.69) is 39.3 Å². The van der Waals surface area contributed by atoms with Crippen LogP contribution in [0.3, 0.4) is 0 Å². The Balaban J connectivity index is 0.000000366. The molecule has 0 bridgehead atoms. The molecule has 1 fully saturated rings. The Morgan fingerprint density at radius 1 is 1.06 bits per heavy atom. The van der Waals surface area contributed by atoms with E-state index < -0.39 is 110 Å². The summed E-state index contributed by atoms with van der Waals surface area (Å²) < 4.78 is 96.8. The number of hydrogen-bond donors (Lipinski definition) is 4. The molecule has 0 spiro atoms. The molecule has 1 unspecified atom stereocenters. The van der Waals surface area contributed by atoms with E-state index in [1.807, 2.05) is 26.0 Å². The molecule has 0 radical (unpaired) electrons. The van der Waals surface area contributed by atoms with E-state index in [-0.39, 0.29) is 57.4 Å². The van der Waals surface area contributed by atoms with E-state index in [0.717, 1.165) is 66.9 Å². The number of methoxy groups -OCH3 is 1. The van der Waals surface area contributed by atoms with E-state index in [4.69, 9.17) is 47.6 Å². The molecule has 1 saturated carbocycles. The third kappa shape index (κ3) is 19.7. The number of carboxylic acids is 1. The summed E-state index contributed by atoms with van der Waals surface area (Å²) in [5, 5.41) is 24.7. The molecule has 30 heteroatoms. The van der Waals surface area contributed by atoms with Crippen molar-refractivity contribution in [2.75, 3.05) is 43.6 Å². The summed E-state index contributed by atoms with van der Waals surface area (Å²) in [7, 11) is -5.07. The number of nitrogens with zero attached hydrogens (tertiary/aromatic N) is 4. The van der Waals surface area contributed by atoms with Crippen LogP contribution in [0.15, 0.2) is 57.9 Å². The average Bonchev–Trinajstić information content (AvgIpc) is 3.61. The first kappa shape index (κ1) is 67.6. The van der Waals surface area contributed by atoms with Gasteiger partial charge >= 0.3 is 25.7 Å². The minimum atomic E-state index is -4.69. The third-order valence-electron chi connectivity index (χ3n) is 10.5. The first-order chi connectivity index (χ1) is 35.5. The first-order valence-corrected chi connectivity index (χ1v) is 27.9. The number of alkyl halides is 4. The van der Waals surface area contributed by atoms with Gasteiger partial charge in [-0.05, 0) is 91.9 Å². The number of hydrogen-bond acceptors (Lipinski definition) is 15. The Morgan fingerprint density at radius 3 is 2.13 bits per heavy atom. The lowest BCUT2D eigenvalue weighted by Gasteiger charge is -2.31. The number of nitrogens with one attached hydrogen (secondary N) is 1. The van der Waals surface area contributed by atoms with E-state index in [1.165, 1.54) is 0 Å². The molecular weight excluding hydrogens is 1180 g/mol. The van der Waals surface area contributed by atoms with Crippen molar-refractivity contribution in [3.63, 3.8) is 0 Å². The number of nitro benzene ring substituents is 1. The summed E-state index contributed by atoms with van der Waals surface area (Å²) in [6.07, 6.45) is -3.49. The number of Topliss-reactive ketones (excluding diaryl/α,β-unsaturated/α-hetero) is 3. The highest BCUT2D eigenvalue weighted by Gasteiger charge is 2.41. The zero-order chi connectivity index (χ0) is 59.1. The number of aryl methyl sites for hydroxylation is 3. The number of esters is 1. The Morgan fingerprint density at radius 2 is 1.66 bits per heavy atom. The van der Waals surface area contributed by atoms with Gasteiger partial charge < -0.3 is 29.3 Å². The number of carboxylic acid groups (broad SMARTS) is 1. The van der Waals surface area contributed by atoms with Crippen LogP contribution in [0.1, 0.15) is 84.5 Å². The zero-order valence-corrected chi connectivity index (χ0v) is 47.3. The van der Waals surface area contributed by atoms with Gasteiger partial charge in [-0.2, -0.15) is 18.3 Å². The fourth-order valence-corrected chi connectivity index (χ4v) is 9.40. The Labute approximate surface area is 457 Å². The summed E-state index contributed by atoms with van der Waals surface area (Å²) in [4.78, 5) is 98.1. The monoisotopic (exact) mass is 1230 g/mol. The summed E-state index contributed by atoms with van der Waals surface area (Å²) in [5.74, 6) is -6.60. The zero-order valence-electron chi connectivity index (χ0n) is 42.4. The van der Waals surface area contributed by atoms with Gasteiger partial charge in [-0.25, -0.2) is 17.6 Å². The first-order valence-electron chi connectivity index (χ1n) is 22.5. The molecule has 4 N–H and O–H groups in total. The molecule has 1 aromatic heterocycles. The van der Waals surface area contributed by atoms with Crippen molar-refractivity contribution in [1.29, 1.82) is 0 Å².